The summed E-state index contributed by atoms with van der Waals surface area (Å²) in [4.78, 5) is 13.5. The molecule has 0 bridgehead atoms. The topological polar surface area (TPSA) is 32.3 Å². The molecule has 3 nitrogen and oxygen atoms in total. The van der Waals surface area contributed by atoms with Gasteiger partial charge in [-0.25, -0.2) is 0 Å². The fourth-order valence-corrected chi connectivity index (χ4v) is 1.84. The molecule has 0 spiro atoms. The smallest absolute Gasteiger partial charge is 0.252 e. The minimum atomic E-state index is -0.176. The van der Waals surface area contributed by atoms with Crippen molar-refractivity contribution in [2.45, 2.75) is 32.9 Å². The number of carbonyl (C=O) groups is 1. The standard InChI is InChI=1S/C10H16N2OS/c1-5-7(4)12-9(13)8(6(2)3)11-10(12)14/h5-8H,1H2,2-4H3,(H,11,14). The van der Waals surface area contributed by atoms with Crippen molar-refractivity contribution >= 4 is 23.2 Å². The summed E-state index contributed by atoms with van der Waals surface area (Å²) in [5, 5.41) is 3.54. The molecule has 1 amide bonds. The summed E-state index contributed by atoms with van der Waals surface area (Å²) >= 11 is 5.10. The zero-order valence-corrected chi connectivity index (χ0v) is 9.60. The Labute approximate surface area is 90.2 Å². The van der Waals surface area contributed by atoms with Gasteiger partial charge in [-0.3, -0.25) is 9.69 Å². The molecule has 1 fully saturated rings. The number of hydrogen-bond acceptors (Lipinski definition) is 2. The molecule has 14 heavy (non-hydrogen) atoms. The van der Waals surface area contributed by atoms with Crippen molar-refractivity contribution < 1.29 is 4.79 Å². The maximum absolute atomic E-state index is 11.9. The third-order valence-corrected chi connectivity index (χ3v) is 2.73. The van der Waals surface area contributed by atoms with Crippen molar-refractivity contribution in [1.82, 2.24) is 10.2 Å². The van der Waals surface area contributed by atoms with Crippen molar-refractivity contribution in [2.75, 3.05) is 0 Å². The predicted octanol–water partition coefficient (Wildman–Crippen LogP) is 1.30. The van der Waals surface area contributed by atoms with Crippen molar-refractivity contribution in [3.8, 4) is 0 Å². The lowest BCUT2D eigenvalue weighted by Crippen LogP contribution is -2.38. The second-order valence-corrected chi connectivity index (χ2v) is 4.24. The zero-order valence-electron chi connectivity index (χ0n) is 8.78. The Bertz CT molecular complexity index is 275. The molecule has 0 aromatic carbocycles. The Morgan fingerprint density at radius 1 is 1.57 bits per heavy atom. The average Bonchev–Trinajstić information content (AvgIpc) is 2.41. The molecule has 1 rings (SSSR count). The van der Waals surface area contributed by atoms with Crippen molar-refractivity contribution in [3.05, 3.63) is 12.7 Å². The average molecular weight is 212 g/mol. The normalized spacial score (nSPS) is 24.0. The number of nitrogens with one attached hydrogen (secondary N) is 1. The van der Waals surface area contributed by atoms with Crippen LogP contribution in [0.3, 0.4) is 0 Å². The molecular weight excluding hydrogens is 196 g/mol. The summed E-state index contributed by atoms with van der Waals surface area (Å²) in [7, 11) is 0. The van der Waals surface area contributed by atoms with Crippen LogP contribution in [-0.2, 0) is 4.79 Å². The van der Waals surface area contributed by atoms with E-state index in [-0.39, 0.29) is 23.9 Å². The van der Waals surface area contributed by atoms with Crippen LogP contribution in [0.2, 0.25) is 0 Å². The van der Waals surface area contributed by atoms with Crippen molar-refractivity contribution in [2.24, 2.45) is 5.92 Å². The van der Waals surface area contributed by atoms with Gasteiger partial charge in [0, 0.05) is 0 Å². The van der Waals surface area contributed by atoms with Gasteiger partial charge in [-0.1, -0.05) is 19.9 Å². The summed E-state index contributed by atoms with van der Waals surface area (Å²) in [6.45, 7) is 9.57. The first-order valence-electron chi connectivity index (χ1n) is 4.75. The minimum absolute atomic E-state index is 0.0359. The van der Waals surface area contributed by atoms with Gasteiger partial charge < -0.3 is 5.32 Å². The van der Waals surface area contributed by atoms with Gasteiger partial charge >= 0.3 is 0 Å². The number of thiocarbonyl (C=S) groups is 1. The Morgan fingerprint density at radius 3 is 2.50 bits per heavy atom. The van der Waals surface area contributed by atoms with E-state index in [1.54, 1.807) is 11.0 Å². The third-order valence-electron chi connectivity index (χ3n) is 2.42. The Balaban J connectivity index is 2.85. The second kappa shape index (κ2) is 4.09. The van der Waals surface area contributed by atoms with E-state index in [1.165, 1.54) is 0 Å². The van der Waals surface area contributed by atoms with Gasteiger partial charge in [-0.15, -0.1) is 6.58 Å². The summed E-state index contributed by atoms with van der Waals surface area (Å²) in [5.74, 6) is 0.305. The van der Waals surface area contributed by atoms with E-state index in [4.69, 9.17) is 12.2 Å². The van der Waals surface area contributed by atoms with E-state index in [2.05, 4.69) is 11.9 Å². The van der Waals surface area contributed by atoms with E-state index >= 15 is 0 Å². The van der Waals surface area contributed by atoms with Gasteiger partial charge in [0.15, 0.2) is 5.11 Å². The third kappa shape index (κ3) is 1.80. The van der Waals surface area contributed by atoms with Crippen LogP contribution in [0.5, 0.6) is 0 Å². The highest BCUT2D eigenvalue weighted by atomic mass is 32.1. The Morgan fingerprint density at radius 2 is 2.14 bits per heavy atom. The van der Waals surface area contributed by atoms with E-state index < -0.39 is 0 Å². The quantitative estimate of drug-likeness (QED) is 0.565. The maximum Gasteiger partial charge on any atom is 0.252 e. The molecule has 2 unspecified atom stereocenters. The number of hydrogen-bond donors (Lipinski definition) is 1. The van der Waals surface area contributed by atoms with Crippen LogP contribution < -0.4 is 5.32 Å². The molecule has 78 valence electrons. The minimum Gasteiger partial charge on any atom is -0.350 e. The van der Waals surface area contributed by atoms with Gasteiger partial charge in [0.05, 0.1) is 6.04 Å². The van der Waals surface area contributed by atoms with E-state index in [0.717, 1.165) is 0 Å². The SMILES string of the molecule is C=CC(C)N1C(=O)C(C(C)C)NC1=S. The van der Waals surface area contributed by atoms with Crippen LogP contribution in [0, 0.1) is 5.92 Å². The molecule has 2 atom stereocenters. The lowest BCUT2D eigenvalue weighted by Gasteiger charge is -2.20. The summed E-state index contributed by atoms with van der Waals surface area (Å²) in [6.07, 6.45) is 1.72. The molecule has 1 heterocycles. The highest BCUT2D eigenvalue weighted by Gasteiger charge is 2.38. The molecule has 1 saturated heterocycles. The summed E-state index contributed by atoms with van der Waals surface area (Å²) < 4.78 is 0. The molecule has 0 radical (unpaired) electrons. The van der Waals surface area contributed by atoms with Crippen LogP contribution in [0.25, 0.3) is 0 Å². The summed E-state index contributed by atoms with van der Waals surface area (Å²) in [5.41, 5.74) is 0. The fourth-order valence-electron chi connectivity index (χ4n) is 1.46. The zero-order chi connectivity index (χ0) is 10.9. The first kappa shape index (κ1) is 11.2. The second-order valence-electron chi connectivity index (χ2n) is 3.86. The fraction of sp³-hybridized carbons (Fsp3) is 0.600. The van der Waals surface area contributed by atoms with Gasteiger partial charge in [0.2, 0.25) is 0 Å². The monoisotopic (exact) mass is 212 g/mol. The van der Waals surface area contributed by atoms with Gasteiger partial charge in [-0.05, 0) is 25.1 Å². The lowest BCUT2D eigenvalue weighted by molar-refractivity contribution is -0.128. The van der Waals surface area contributed by atoms with Crippen LogP contribution in [-0.4, -0.2) is 28.0 Å². The predicted molar refractivity (Wildman–Crippen MR) is 60.9 cm³/mol. The first-order valence-corrected chi connectivity index (χ1v) is 5.16. The van der Waals surface area contributed by atoms with E-state index in [0.29, 0.717) is 5.11 Å². The molecule has 0 aliphatic carbocycles. The number of amides is 1. The van der Waals surface area contributed by atoms with Crippen LogP contribution in [0.4, 0.5) is 0 Å². The van der Waals surface area contributed by atoms with Crippen molar-refractivity contribution in [1.29, 1.82) is 0 Å². The van der Waals surface area contributed by atoms with Crippen LogP contribution in [0.15, 0.2) is 12.7 Å². The summed E-state index contributed by atoms with van der Waals surface area (Å²) in [6, 6.07) is -0.212. The van der Waals surface area contributed by atoms with E-state index in [1.807, 2.05) is 20.8 Å². The molecule has 0 aromatic heterocycles. The molecule has 0 saturated carbocycles. The number of rotatable bonds is 3. The highest BCUT2D eigenvalue weighted by molar-refractivity contribution is 7.80. The van der Waals surface area contributed by atoms with Gasteiger partial charge in [-0.2, -0.15) is 0 Å². The molecule has 1 N–H and O–H groups in total. The number of carbonyl (C=O) groups excluding carboxylic acids is 1. The Kier molecular flexibility index (Phi) is 3.26. The number of nitrogens with zero attached hydrogens (tertiary/aromatic N) is 1. The highest BCUT2D eigenvalue weighted by Crippen LogP contribution is 2.16. The Hall–Kier alpha value is -0.900. The largest absolute Gasteiger partial charge is 0.350 e. The van der Waals surface area contributed by atoms with E-state index in [9.17, 15) is 4.79 Å². The molecule has 0 aromatic rings. The molecule has 4 heteroatoms. The molecule has 1 aliphatic rings. The maximum atomic E-state index is 11.9. The van der Waals surface area contributed by atoms with Crippen LogP contribution >= 0.6 is 12.2 Å². The van der Waals surface area contributed by atoms with Gasteiger partial charge in [0.1, 0.15) is 6.04 Å². The molecule has 1 aliphatic heterocycles. The lowest BCUT2D eigenvalue weighted by atomic mass is 10.0. The van der Waals surface area contributed by atoms with Gasteiger partial charge in [0.25, 0.3) is 5.91 Å². The molecular formula is C10H16N2OS. The van der Waals surface area contributed by atoms with Crippen molar-refractivity contribution in [3.63, 3.8) is 0 Å². The first-order chi connectivity index (χ1) is 6.49. The van der Waals surface area contributed by atoms with Crippen LogP contribution in [0.1, 0.15) is 20.8 Å².